The van der Waals surface area contributed by atoms with E-state index in [2.05, 4.69) is 4.98 Å². The smallest absolute Gasteiger partial charge is 0.320 e. The van der Waals surface area contributed by atoms with Gasteiger partial charge >= 0.3 is 5.97 Å². The van der Waals surface area contributed by atoms with Gasteiger partial charge in [0.2, 0.25) is 0 Å². The number of benzene rings is 1. The van der Waals surface area contributed by atoms with Crippen LogP contribution in [0.2, 0.25) is 0 Å². The van der Waals surface area contributed by atoms with E-state index in [0.717, 1.165) is 16.5 Å². The summed E-state index contributed by atoms with van der Waals surface area (Å²) in [6, 6.07) is 3.97. The Morgan fingerprint density at radius 1 is 1.50 bits per heavy atom. The molecule has 0 aliphatic rings. The summed E-state index contributed by atoms with van der Waals surface area (Å²) < 4.78 is 0. The summed E-state index contributed by atoms with van der Waals surface area (Å²) in [6.45, 7) is 0. The van der Waals surface area contributed by atoms with Crippen molar-refractivity contribution in [2.45, 2.75) is 12.5 Å². The highest BCUT2D eigenvalue weighted by molar-refractivity contribution is 5.85. The summed E-state index contributed by atoms with van der Waals surface area (Å²) in [7, 11) is 0. The van der Waals surface area contributed by atoms with Crippen LogP contribution >= 0.6 is 0 Å². The molecule has 1 aromatic heterocycles. The number of phenols is 1. The first-order valence-electron chi connectivity index (χ1n) is 4.85. The zero-order valence-corrected chi connectivity index (χ0v) is 8.47. The van der Waals surface area contributed by atoms with Gasteiger partial charge in [0.25, 0.3) is 0 Å². The normalized spacial score (nSPS) is 12.8. The van der Waals surface area contributed by atoms with E-state index in [1.165, 1.54) is 0 Å². The first-order valence-corrected chi connectivity index (χ1v) is 4.85. The molecule has 0 unspecified atom stereocenters. The summed E-state index contributed by atoms with van der Waals surface area (Å²) >= 11 is 0. The number of aromatic amines is 1. The Labute approximate surface area is 91.5 Å². The van der Waals surface area contributed by atoms with Crippen molar-refractivity contribution in [1.82, 2.24) is 4.98 Å². The number of carbonyl (C=O) groups is 1. The van der Waals surface area contributed by atoms with Crippen LogP contribution < -0.4 is 5.73 Å². The largest absolute Gasteiger partial charge is 0.508 e. The van der Waals surface area contributed by atoms with Crippen LogP contribution in [-0.2, 0) is 11.2 Å². The molecule has 1 heterocycles. The molecule has 0 fully saturated rings. The Morgan fingerprint density at radius 2 is 2.25 bits per heavy atom. The number of fused-ring (bicyclic) bond motifs is 1. The molecule has 0 aliphatic carbocycles. The molecule has 1 atom stereocenters. The minimum Gasteiger partial charge on any atom is -0.508 e. The molecule has 5 nitrogen and oxygen atoms in total. The van der Waals surface area contributed by atoms with Gasteiger partial charge in [0.1, 0.15) is 11.8 Å². The van der Waals surface area contributed by atoms with Crippen LogP contribution in [-0.4, -0.2) is 27.2 Å². The van der Waals surface area contributed by atoms with E-state index in [1.807, 2.05) is 0 Å². The van der Waals surface area contributed by atoms with Crippen molar-refractivity contribution in [3.8, 4) is 5.75 Å². The minimum absolute atomic E-state index is 0.150. The lowest BCUT2D eigenvalue weighted by atomic mass is 10.1. The maximum absolute atomic E-state index is 10.6. The zero-order valence-electron chi connectivity index (χ0n) is 8.47. The van der Waals surface area contributed by atoms with Crippen LogP contribution in [0.15, 0.2) is 24.4 Å². The van der Waals surface area contributed by atoms with Gasteiger partial charge in [0.05, 0.1) is 0 Å². The second kappa shape index (κ2) is 3.86. The molecule has 2 rings (SSSR count). The second-order valence-corrected chi connectivity index (χ2v) is 3.69. The molecule has 1 aromatic carbocycles. The predicted molar refractivity (Wildman–Crippen MR) is 59.3 cm³/mol. The molecule has 0 amide bonds. The second-order valence-electron chi connectivity index (χ2n) is 3.69. The van der Waals surface area contributed by atoms with Gasteiger partial charge in [-0.15, -0.1) is 0 Å². The van der Waals surface area contributed by atoms with Crippen LogP contribution in [0, 0.1) is 0 Å². The molecule has 0 saturated carbocycles. The first kappa shape index (κ1) is 10.5. The number of hydrogen-bond acceptors (Lipinski definition) is 3. The van der Waals surface area contributed by atoms with Crippen molar-refractivity contribution in [3.05, 3.63) is 30.0 Å². The van der Waals surface area contributed by atoms with Crippen molar-refractivity contribution in [2.24, 2.45) is 5.73 Å². The lowest BCUT2D eigenvalue weighted by Gasteiger charge is -2.04. The molecule has 5 heteroatoms. The summed E-state index contributed by atoms with van der Waals surface area (Å²) in [4.78, 5) is 13.6. The van der Waals surface area contributed by atoms with Crippen molar-refractivity contribution in [2.75, 3.05) is 0 Å². The van der Waals surface area contributed by atoms with Crippen molar-refractivity contribution in [3.63, 3.8) is 0 Å². The average Bonchev–Trinajstić information content (AvgIpc) is 2.61. The number of carboxylic acid groups (broad SMARTS) is 1. The van der Waals surface area contributed by atoms with Gasteiger partial charge in [-0.3, -0.25) is 4.79 Å². The fourth-order valence-electron chi connectivity index (χ4n) is 1.66. The zero-order chi connectivity index (χ0) is 11.7. The molecule has 0 aliphatic heterocycles. The monoisotopic (exact) mass is 222 g/mol. The number of hydrogen-bond donors (Lipinski definition) is 4. The highest BCUT2D eigenvalue weighted by atomic mass is 16.6. The highest BCUT2D eigenvalue weighted by Crippen LogP contribution is 2.23. The third kappa shape index (κ3) is 1.85. The quantitative estimate of drug-likeness (QED) is 0.618. The molecule has 16 heavy (non-hydrogen) atoms. The lowest BCUT2D eigenvalue weighted by molar-refractivity contribution is -0.138. The summed E-state index contributed by atoms with van der Waals surface area (Å²) in [5.74, 6) is -0.883. The Morgan fingerprint density at radius 3 is 2.94 bits per heavy atom. The Bertz CT molecular complexity index is 533. The Hall–Kier alpha value is -2.01. The van der Waals surface area contributed by atoms with Gasteiger partial charge in [-0.25, -0.2) is 0 Å². The standard InChI is InChI=1S/C11H12N2O3/c12-9(11(15)16)3-6-5-13-10-2-1-7(14)4-8(6)10/h1-2,4-5,9,13-14H,3,12H2,(H,15,16)/t9-/m0/s1/i11+2. The fourth-order valence-corrected chi connectivity index (χ4v) is 1.66. The third-order valence-corrected chi connectivity index (χ3v) is 2.51. The maximum atomic E-state index is 10.6. The van der Waals surface area contributed by atoms with Crippen molar-refractivity contribution >= 4 is 16.9 Å². The number of rotatable bonds is 3. The van der Waals surface area contributed by atoms with Gasteiger partial charge in [0.15, 0.2) is 0 Å². The third-order valence-electron chi connectivity index (χ3n) is 2.51. The molecule has 84 valence electrons. The van der Waals surface area contributed by atoms with Crippen molar-refractivity contribution in [1.29, 1.82) is 0 Å². The van der Waals surface area contributed by atoms with Gasteiger partial charge in [-0.05, 0) is 23.8 Å². The van der Waals surface area contributed by atoms with Gasteiger partial charge in [-0.1, -0.05) is 0 Å². The Kier molecular flexibility index (Phi) is 2.54. The molecule has 0 spiro atoms. The number of carboxylic acids is 1. The topological polar surface area (TPSA) is 99.3 Å². The van der Waals surface area contributed by atoms with E-state index < -0.39 is 12.0 Å². The SMILES string of the molecule is N[C@@H](Cc1c[nH]c2ccc(O)cc12)[14C](=O)O. The maximum Gasteiger partial charge on any atom is 0.320 e. The molecule has 5 N–H and O–H groups in total. The fraction of sp³-hybridized carbons (Fsp3) is 0.182. The summed E-state index contributed by atoms with van der Waals surface area (Å²) in [5.41, 5.74) is 7.11. The van der Waals surface area contributed by atoms with Gasteiger partial charge < -0.3 is 20.9 Å². The predicted octanol–water partition coefficient (Wildman–Crippen LogP) is 0.828. The summed E-state index contributed by atoms with van der Waals surface area (Å²) in [6.07, 6.45) is 1.95. The van der Waals surface area contributed by atoms with Gasteiger partial charge in [0, 0.05) is 23.5 Å². The van der Waals surface area contributed by atoms with Crippen LogP contribution in [0.1, 0.15) is 5.56 Å². The number of aromatic nitrogens is 1. The van der Waals surface area contributed by atoms with Crippen molar-refractivity contribution < 1.29 is 15.0 Å². The minimum atomic E-state index is -1.03. The molecule has 0 bridgehead atoms. The molecule has 2 aromatic rings. The van der Waals surface area contributed by atoms with E-state index in [4.69, 9.17) is 10.8 Å². The highest BCUT2D eigenvalue weighted by Gasteiger charge is 2.14. The molecular formula is C11H12N2O3. The van der Waals surface area contributed by atoms with E-state index in [1.54, 1.807) is 24.4 Å². The van der Waals surface area contributed by atoms with E-state index in [0.29, 0.717) is 0 Å². The number of phenolic OH excluding ortho intramolecular Hbond substituents is 1. The Balaban J connectivity index is 2.37. The first-order chi connectivity index (χ1) is 7.58. The number of nitrogens with two attached hydrogens (primary N) is 1. The number of aliphatic carboxylic acids is 1. The van der Waals surface area contributed by atoms with E-state index in [9.17, 15) is 9.90 Å². The van der Waals surface area contributed by atoms with E-state index >= 15 is 0 Å². The molecule has 0 saturated heterocycles. The van der Waals surface area contributed by atoms with Crippen LogP contribution in [0.5, 0.6) is 5.75 Å². The van der Waals surface area contributed by atoms with Gasteiger partial charge in [-0.2, -0.15) is 0 Å². The number of aromatic hydroxyl groups is 1. The van der Waals surface area contributed by atoms with Crippen LogP contribution in [0.25, 0.3) is 10.9 Å². The average molecular weight is 222 g/mol. The summed E-state index contributed by atoms with van der Waals surface area (Å²) in [5, 5.41) is 18.9. The van der Waals surface area contributed by atoms with E-state index in [-0.39, 0.29) is 12.2 Å². The number of nitrogens with one attached hydrogen (secondary N) is 1. The van der Waals surface area contributed by atoms with Crippen LogP contribution in [0.4, 0.5) is 0 Å². The molecule has 0 radical (unpaired) electrons. The number of H-pyrrole nitrogens is 1. The van der Waals surface area contributed by atoms with Crippen LogP contribution in [0.3, 0.4) is 0 Å². The molecular weight excluding hydrogens is 210 g/mol. The lowest BCUT2D eigenvalue weighted by Crippen LogP contribution is -2.32.